The van der Waals surface area contributed by atoms with Crippen LogP contribution in [0.25, 0.3) is 0 Å². The van der Waals surface area contributed by atoms with Crippen molar-refractivity contribution in [2.45, 2.75) is 43.7 Å². The Morgan fingerprint density at radius 3 is 2.26 bits per heavy atom. The first kappa shape index (κ1) is 20.1. The van der Waals surface area contributed by atoms with Crippen LogP contribution in [0.3, 0.4) is 0 Å². The summed E-state index contributed by atoms with van der Waals surface area (Å²) in [4.78, 5) is 27.7. The molecule has 3 saturated heterocycles. The van der Waals surface area contributed by atoms with Crippen LogP contribution in [-0.4, -0.2) is 57.4 Å². The fourth-order valence-corrected chi connectivity index (χ4v) is 5.25. The number of hydrogen-bond donors (Lipinski definition) is 2. The van der Waals surface area contributed by atoms with Gasteiger partial charge < -0.3 is 20.2 Å². The Balaban J connectivity index is 1.15. The molecule has 3 aliphatic heterocycles. The molecule has 9 heteroatoms. The van der Waals surface area contributed by atoms with Crippen LogP contribution >= 0.6 is 11.6 Å². The molecule has 2 bridgehead atoms. The molecule has 0 aliphatic carbocycles. The third kappa shape index (κ3) is 3.92. The number of carboxylic acid groups (broad SMARTS) is 1. The third-order valence-corrected chi connectivity index (χ3v) is 7.00. The zero-order valence-corrected chi connectivity index (χ0v) is 17.7. The number of benzene rings is 1. The van der Waals surface area contributed by atoms with Gasteiger partial charge in [-0.2, -0.15) is 0 Å². The van der Waals surface area contributed by atoms with Gasteiger partial charge >= 0.3 is 6.09 Å². The van der Waals surface area contributed by atoms with Crippen molar-refractivity contribution in [1.29, 1.82) is 0 Å². The monoisotopic (exact) mass is 441 g/mol. The number of anilines is 2. The average Bonchev–Trinajstić information content (AvgIpc) is 2.99. The largest absolute Gasteiger partial charge is 0.465 e. The predicted molar refractivity (Wildman–Crippen MR) is 116 cm³/mol. The molecule has 3 fully saturated rings. The summed E-state index contributed by atoms with van der Waals surface area (Å²) >= 11 is 5.76. The van der Waals surface area contributed by atoms with Gasteiger partial charge in [-0.1, -0.05) is 23.7 Å². The number of halogens is 1. The van der Waals surface area contributed by atoms with Gasteiger partial charge in [0, 0.05) is 30.9 Å². The van der Waals surface area contributed by atoms with Gasteiger partial charge in [0.2, 0.25) is 5.91 Å². The molecule has 1 aromatic heterocycles. The van der Waals surface area contributed by atoms with Gasteiger partial charge in [0.25, 0.3) is 0 Å². The van der Waals surface area contributed by atoms with E-state index in [0.29, 0.717) is 24.2 Å². The predicted octanol–water partition coefficient (Wildman–Crippen LogP) is 3.59. The summed E-state index contributed by atoms with van der Waals surface area (Å²) in [6, 6.07) is 11.8. The van der Waals surface area contributed by atoms with E-state index < -0.39 is 6.09 Å². The highest BCUT2D eigenvalue weighted by molar-refractivity contribution is 6.29. The molecule has 162 valence electrons. The van der Waals surface area contributed by atoms with E-state index in [0.717, 1.165) is 37.2 Å². The number of amides is 2. The first-order valence-corrected chi connectivity index (χ1v) is 11.0. The van der Waals surface area contributed by atoms with Crippen molar-refractivity contribution in [3.05, 3.63) is 47.1 Å². The Kier molecular flexibility index (Phi) is 5.17. The molecule has 2 aromatic rings. The molecule has 3 aliphatic rings. The van der Waals surface area contributed by atoms with Crippen molar-refractivity contribution in [2.75, 3.05) is 23.3 Å². The van der Waals surface area contributed by atoms with Crippen LogP contribution in [0.4, 0.5) is 16.3 Å². The van der Waals surface area contributed by atoms with Crippen molar-refractivity contribution in [1.82, 2.24) is 15.1 Å². The van der Waals surface area contributed by atoms with Crippen molar-refractivity contribution in [3.63, 3.8) is 0 Å². The topological polar surface area (TPSA) is 98.7 Å². The van der Waals surface area contributed by atoms with E-state index >= 15 is 0 Å². The number of rotatable bonds is 4. The van der Waals surface area contributed by atoms with Crippen LogP contribution in [0.15, 0.2) is 36.4 Å². The summed E-state index contributed by atoms with van der Waals surface area (Å²) in [6.45, 7) is 1.20. The van der Waals surface area contributed by atoms with E-state index in [1.165, 1.54) is 5.56 Å². The molecule has 2 amide bonds. The molecular weight excluding hydrogens is 418 g/mol. The molecule has 0 spiro atoms. The summed E-state index contributed by atoms with van der Waals surface area (Å²) < 4.78 is 0. The van der Waals surface area contributed by atoms with Gasteiger partial charge in [-0.25, -0.2) is 4.79 Å². The standard InChI is InChI=1S/C22H24ClN5O3/c23-19-7-8-20(26-25-19)27-11-15(12-27)21(29)24-16-3-1-13(2-4-16)14-9-17-5-6-18(10-14)28(17)22(30)31/h1-4,7-8,14-15,17-18H,5-6,9-12H2,(H,24,29)(H,30,31). The van der Waals surface area contributed by atoms with Crippen LogP contribution in [-0.2, 0) is 4.79 Å². The lowest BCUT2D eigenvalue weighted by atomic mass is 9.85. The van der Waals surface area contributed by atoms with Gasteiger partial charge in [-0.3, -0.25) is 4.79 Å². The number of carbonyl (C=O) groups excluding carboxylic acids is 1. The zero-order valence-electron chi connectivity index (χ0n) is 16.9. The Morgan fingerprint density at radius 1 is 1.00 bits per heavy atom. The Morgan fingerprint density at radius 2 is 1.68 bits per heavy atom. The van der Waals surface area contributed by atoms with Crippen LogP contribution in [0.1, 0.15) is 37.2 Å². The Hall–Kier alpha value is -2.87. The van der Waals surface area contributed by atoms with Crippen molar-refractivity contribution < 1.29 is 14.7 Å². The average molecular weight is 442 g/mol. The summed E-state index contributed by atoms with van der Waals surface area (Å²) in [6.07, 6.45) is 2.88. The molecule has 2 unspecified atom stereocenters. The smallest absolute Gasteiger partial charge is 0.407 e. The number of aromatic nitrogens is 2. The maximum atomic E-state index is 12.6. The molecule has 0 saturated carbocycles. The van der Waals surface area contributed by atoms with Crippen LogP contribution in [0.5, 0.6) is 0 Å². The molecule has 0 radical (unpaired) electrons. The highest BCUT2D eigenvalue weighted by Crippen LogP contribution is 2.43. The van der Waals surface area contributed by atoms with Gasteiger partial charge in [-0.05, 0) is 61.4 Å². The molecule has 5 rings (SSSR count). The number of piperidine rings is 1. The summed E-state index contributed by atoms with van der Waals surface area (Å²) in [5.41, 5.74) is 2.00. The van der Waals surface area contributed by atoms with E-state index in [1.54, 1.807) is 17.0 Å². The second-order valence-corrected chi connectivity index (χ2v) is 9.06. The van der Waals surface area contributed by atoms with E-state index in [2.05, 4.69) is 27.6 Å². The minimum absolute atomic E-state index is 0.00117. The van der Waals surface area contributed by atoms with Crippen molar-refractivity contribution in [3.8, 4) is 0 Å². The van der Waals surface area contributed by atoms with Gasteiger partial charge in [0.05, 0.1) is 5.92 Å². The highest BCUT2D eigenvalue weighted by Gasteiger charge is 2.43. The van der Waals surface area contributed by atoms with E-state index in [1.807, 2.05) is 17.0 Å². The number of fused-ring (bicyclic) bond motifs is 2. The lowest BCUT2D eigenvalue weighted by molar-refractivity contribution is -0.120. The summed E-state index contributed by atoms with van der Waals surface area (Å²) in [5, 5.41) is 20.6. The minimum Gasteiger partial charge on any atom is -0.465 e. The van der Waals surface area contributed by atoms with E-state index in [9.17, 15) is 14.7 Å². The maximum Gasteiger partial charge on any atom is 0.407 e. The van der Waals surface area contributed by atoms with Gasteiger partial charge in [-0.15, -0.1) is 10.2 Å². The fourth-order valence-electron chi connectivity index (χ4n) is 5.15. The first-order valence-electron chi connectivity index (χ1n) is 10.6. The molecule has 8 nitrogen and oxygen atoms in total. The number of carbonyl (C=O) groups is 2. The second-order valence-electron chi connectivity index (χ2n) is 8.67. The van der Waals surface area contributed by atoms with Crippen molar-refractivity contribution in [2.24, 2.45) is 5.92 Å². The zero-order chi connectivity index (χ0) is 21.5. The molecular formula is C22H24ClN5O3. The Bertz CT molecular complexity index is 964. The van der Waals surface area contributed by atoms with Gasteiger partial charge in [0.15, 0.2) is 11.0 Å². The third-order valence-electron chi connectivity index (χ3n) is 6.80. The Labute approximate surface area is 185 Å². The summed E-state index contributed by atoms with van der Waals surface area (Å²) in [7, 11) is 0. The van der Waals surface area contributed by atoms with Crippen LogP contribution in [0.2, 0.25) is 5.15 Å². The van der Waals surface area contributed by atoms with E-state index in [4.69, 9.17) is 11.6 Å². The van der Waals surface area contributed by atoms with E-state index in [-0.39, 0.29) is 23.9 Å². The quantitative estimate of drug-likeness (QED) is 0.752. The van der Waals surface area contributed by atoms with Crippen molar-refractivity contribution >= 4 is 35.1 Å². The maximum absolute atomic E-state index is 12.6. The lowest BCUT2D eigenvalue weighted by Crippen LogP contribution is -2.52. The normalized spacial score (nSPS) is 25.3. The lowest BCUT2D eigenvalue weighted by Gasteiger charge is -2.38. The van der Waals surface area contributed by atoms with Gasteiger partial charge in [0.1, 0.15) is 0 Å². The molecule has 2 atom stereocenters. The molecule has 2 N–H and O–H groups in total. The molecule has 31 heavy (non-hydrogen) atoms. The number of hydrogen-bond acceptors (Lipinski definition) is 5. The highest BCUT2D eigenvalue weighted by atomic mass is 35.5. The minimum atomic E-state index is -0.790. The summed E-state index contributed by atoms with van der Waals surface area (Å²) in [5.74, 6) is 1.01. The SMILES string of the molecule is O=C(Nc1ccc(C2CC3CCC(C2)N3C(=O)O)cc1)C1CN(c2ccc(Cl)nn2)C1. The molecule has 1 aromatic carbocycles. The fraction of sp³-hybridized carbons (Fsp3) is 0.455. The number of nitrogens with zero attached hydrogens (tertiary/aromatic N) is 4. The van der Waals surface area contributed by atoms with Crippen LogP contribution < -0.4 is 10.2 Å². The number of nitrogens with one attached hydrogen (secondary N) is 1. The first-order chi connectivity index (χ1) is 15.0. The van der Waals surface area contributed by atoms with Crippen LogP contribution in [0, 0.1) is 5.92 Å². The second kappa shape index (κ2) is 8.00. The molecule has 4 heterocycles.